The first-order valence-corrected chi connectivity index (χ1v) is 8.60. The monoisotopic (exact) mass is 407 g/mol. The number of ether oxygens (including phenoxy) is 2. The predicted octanol–water partition coefficient (Wildman–Crippen LogP) is 2.58. The third-order valence-corrected chi connectivity index (χ3v) is 4.47. The number of nitrogens with zero attached hydrogens (tertiary/aromatic N) is 2. The maximum atomic E-state index is 12.8. The highest BCUT2D eigenvalue weighted by molar-refractivity contribution is 5.85. The maximum absolute atomic E-state index is 12.8. The topological polar surface area (TPSA) is 93.9 Å². The van der Waals surface area contributed by atoms with Crippen molar-refractivity contribution in [3.05, 3.63) is 64.2 Å². The number of hydrogen-bond acceptors (Lipinski definition) is 6. The molecule has 0 bridgehead atoms. The molecule has 1 N–H and O–H groups in total. The molecule has 2 aromatic carbocycles. The molecule has 0 aromatic heterocycles. The molecular formula is C19H22ClN3O5. The predicted molar refractivity (Wildman–Crippen MR) is 106 cm³/mol. The van der Waals surface area contributed by atoms with Gasteiger partial charge in [0.25, 0.3) is 11.6 Å². The van der Waals surface area contributed by atoms with Gasteiger partial charge in [0.1, 0.15) is 11.5 Å². The number of carbonyl (C=O) groups is 1. The fourth-order valence-corrected chi connectivity index (χ4v) is 3.11. The summed E-state index contributed by atoms with van der Waals surface area (Å²) in [6.07, 6.45) is 0. The van der Waals surface area contributed by atoms with Gasteiger partial charge in [-0.15, -0.1) is 12.4 Å². The lowest BCUT2D eigenvalue weighted by Crippen LogP contribution is -2.50. The molecule has 1 aliphatic rings. The average Bonchev–Trinajstić information content (AvgIpc) is 2.72. The van der Waals surface area contributed by atoms with E-state index in [0.717, 1.165) is 11.3 Å². The van der Waals surface area contributed by atoms with Crippen LogP contribution in [0.1, 0.15) is 11.6 Å². The van der Waals surface area contributed by atoms with Crippen molar-refractivity contribution in [3.8, 4) is 11.5 Å². The number of halogens is 1. The van der Waals surface area contributed by atoms with Gasteiger partial charge in [-0.05, 0) is 18.2 Å². The standard InChI is InChI=1S/C19H21N3O5.ClH/c1-26-18-5-3-2-4-16(18)17-12-20-10-11-21(17)19(23)13-27-15-8-6-14(7-9-15)22(24)25;/h2-9,17,20H,10-13H2,1H3;1H. The van der Waals surface area contributed by atoms with Crippen LogP contribution in [0.15, 0.2) is 48.5 Å². The molecule has 0 spiro atoms. The number of nitro benzene ring substituents is 1. The molecule has 1 unspecified atom stereocenters. The molecule has 1 amide bonds. The van der Waals surface area contributed by atoms with Crippen molar-refractivity contribution in [2.24, 2.45) is 0 Å². The molecule has 0 aliphatic carbocycles. The van der Waals surface area contributed by atoms with Crippen LogP contribution in [0.5, 0.6) is 11.5 Å². The first-order valence-electron chi connectivity index (χ1n) is 8.60. The summed E-state index contributed by atoms with van der Waals surface area (Å²) in [5.74, 6) is 1.00. The molecular weight excluding hydrogens is 386 g/mol. The van der Waals surface area contributed by atoms with Crippen LogP contribution in [-0.4, -0.2) is 49.1 Å². The summed E-state index contributed by atoms with van der Waals surface area (Å²) in [6.45, 7) is 1.76. The van der Waals surface area contributed by atoms with E-state index < -0.39 is 4.92 Å². The largest absolute Gasteiger partial charge is 0.496 e. The summed E-state index contributed by atoms with van der Waals surface area (Å²) in [7, 11) is 1.61. The number of nitro groups is 1. The summed E-state index contributed by atoms with van der Waals surface area (Å²) in [4.78, 5) is 24.7. The van der Waals surface area contributed by atoms with Crippen molar-refractivity contribution in [3.63, 3.8) is 0 Å². The zero-order valence-corrected chi connectivity index (χ0v) is 16.2. The third kappa shape index (κ3) is 4.90. The van der Waals surface area contributed by atoms with Crippen molar-refractivity contribution >= 4 is 24.0 Å². The van der Waals surface area contributed by atoms with Gasteiger partial charge < -0.3 is 19.7 Å². The van der Waals surface area contributed by atoms with Crippen LogP contribution in [0.3, 0.4) is 0 Å². The number of amides is 1. The number of methoxy groups -OCH3 is 1. The van der Waals surface area contributed by atoms with Crippen LogP contribution >= 0.6 is 12.4 Å². The normalized spacial score (nSPS) is 16.0. The van der Waals surface area contributed by atoms with E-state index >= 15 is 0 Å². The molecule has 1 atom stereocenters. The van der Waals surface area contributed by atoms with Gasteiger partial charge in [0.05, 0.1) is 18.1 Å². The Balaban J connectivity index is 0.00000280. The van der Waals surface area contributed by atoms with Gasteiger partial charge in [-0.2, -0.15) is 0 Å². The van der Waals surface area contributed by atoms with Gasteiger partial charge in [-0.25, -0.2) is 0 Å². The van der Waals surface area contributed by atoms with E-state index in [1.807, 2.05) is 24.3 Å². The molecule has 3 rings (SSSR count). The zero-order chi connectivity index (χ0) is 19.2. The second-order valence-corrected chi connectivity index (χ2v) is 6.09. The van der Waals surface area contributed by atoms with Crippen LogP contribution in [0.25, 0.3) is 0 Å². The van der Waals surface area contributed by atoms with Crippen LogP contribution in [-0.2, 0) is 4.79 Å². The molecule has 1 heterocycles. The fraction of sp³-hybridized carbons (Fsp3) is 0.316. The van der Waals surface area contributed by atoms with Crippen LogP contribution in [0, 0.1) is 10.1 Å². The van der Waals surface area contributed by atoms with Crippen LogP contribution < -0.4 is 14.8 Å². The number of nitrogens with one attached hydrogen (secondary N) is 1. The van der Waals surface area contributed by atoms with Gasteiger partial charge in [0.15, 0.2) is 6.61 Å². The van der Waals surface area contributed by atoms with Crippen molar-refractivity contribution < 1.29 is 19.2 Å². The van der Waals surface area contributed by atoms with Gasteiger partial charge in [-0.3, -0.25) is 14.9 Å². The minimum atomic E-state index is -0.479. The first-order chi connectivity index (χ1) is 13.1. The van der Waals surface area contributed by atoms with E-state index in [4.69, 9.17) is 9.47 Å². The van der Waals surface area contributed by atoms with Crippen molar-refractivity contribution in [1.82, 2.24) is 10.2 Å². The number of rotatable bonds is 6. The van der Waals surface area contributed by atoms with Crippen LogP contribution in [0.2, 0.25) is 0 Å². The molecule has 150 valence electrons. The summed E-state index contributed by atoms with van der Waals surface area (Å²) < 4.78 is 11.0. The minimum Gasteiger partial charge on any atom is -0.496 e. The van der Waals surface area contributed by atoms with E-state index in [9.17, 15) is 14.9 Å². The summed E-state index contributed by atoms with van der Waals surface area (Å²) in [5, 5.41) is 14.0. The molecule has 8 nitrogen and oxygen atoms in total. The Bertz CT molecular complexity index is 815. The third-order valence-electron chi connectivity index (χ3n) is 4.47. The first kappa shape index (κ1) is 21.5. The Morgan fingerprint density at radius 1 is 1.25 bits per heavy atom. The Labute approximate surface area is 169 Å². The van der Waals surface area contributed by atoms with Gasteiger partial charge >= 0.3 is 0 Å². The molecule has 0 saturated carbocycles. The van der Waals surface area contributed by atoms with Crippen molar-refractivity contribution in [2.75, 3.05) is 33.4 Å². The van der Waals surface area contributed by atoms with Gasteiger partial charge in [0, 0.05) is 37.3 Å². The molecule has 1 fully saturated rings. The van der Waals surface area contributed by atoms with E-state index in [1.54, 1.807) is 12.0 Å². The smallest absolute Gasteiger partial charge is 0.269 e. The number of para-hydroxylation sites is 1. The lowest BCUT2D eigenvalue weighted by atomic mass is 10.0. The van der Waals surface area contributed by atoms with E-state index in [-0.39, 0.29) is 36.7 Å². The quantitative estimate of drug-likeness (QED) is 0.584. The summed E-state index contributed by atoms with van der Waals surface area (Å²) in [5.41, 5.74) is 0.919. The second-order valence-electron chi connectivity index (χ2n) is 6.09. The van der Waals surface area contributed by atoms with Crippen LogP contribution in [0.4, 0.5) is 5.69 Å². The average molecular weight is 408 g/mol. The summed E-state index contributed by atoms with van der Waals surface area (Å²) >= 11 is 0. The Morgan fingerprint density at radius 2 is 1.96 bits per heavy atom. The van der Waals surface area contributed by atoms with Gasteiger partial charge in [-0.1, -0.05) is 18.2 Å². The number of piperazine rings is 1. The van der Waals surface area contributed by atoms with Crippen molar-refractivity contribution in [2.45, 2.75) is 6.04 Å². The minimum absolute atomic E-state index is 0. The van der Waals surface area contributed by atoms with Gasteiger partial charge in [0.2, 0.25) is 0 Å². The van der Waals surface area contributed by atoms with E-state index in [1.165, 1.54) is 24.3 Å². The number of non-ortho nitro benzene ring substituents is 1. The number of carbonyl (C=O) groups excluding carboxylic acids is 1. The van der Waals surface area contributed by atoms with E-state index in [0.29, 0.717) is 25.4 Å². The molecule has 1 saturated heterocycles. The lowest BCUT2D eigenvalue weighted by molar-refractivity contribution is -0.384. The SMILES string of the molecule is COc1ccccc1C1CNCCN1C(=O)COc1ccc([N+](=O)[O-])cc1.Cl. The highest BCUT2D eigenvalue weighted by Crippen LogP contribution is 2.30. The molecule has 2 aromatic rings. The lowest BCUT2D eigenvalue weighted by Gasteiger charge is -2.37. The van der Waals surface area contributed by atoms with E-state index in [2.05, 4.69) is 5.32 Å². The molecule has 0 radical (unpaired) electrons. The maximum Gasteiger partial charge on any atom is 0.269 e. The Morgan fingerprint density at radius 3 is 2.64 bits per heavy atom. The zero-order valence-electron chi connectivity index (χ0n) is 15.4. The molecule has 28 heavy (non-hydrogen) atoms. The number of benzene rings is 2. The highest BCUT2D eigenvalue weighted by Gasteiger charge is 2.29. The molecule has 1 aliphatic heterocycles. The Hall–Kier alpha value is -2.84. The van der Waals surface area contributed by atoms with Crippen molar-refractivity contribution in [1.29, 1.82) is 0 Å². The fourth-order valence-electron chi connectivity index (χ4n) is 3.11. The highest BCUT2D eigenvalue weighted by atomic mass is 35.5. The molecule has 9 heteroatoms. The Kier molecular flexibility index (Phi) is 7.60. The second kappa shape index (κ2) is 9.91. The number of hydrogen-bond donors (Lipinski definition) is 1. The summed E-state index contributed by atoms with van der Waals surface area (Å²) in [6, 6.07) is 13.2.